The Morgan fingerprint density at radius 2 is 2.12 bits per heavy atom. The largest absolute Gasteiger partial charge is 0.465 e. The van der Waals surface area contributed by atoms with Crippen LogP contribution in [0.5, 0.6) is 0 Å². The van der Waals surface area contributed by atoms with Gasteiger partial charge in [-0.05, 0) is 22.6 Å². The average Bonchev–Trinajstić information content (AvgIpc) is 2.51. The van der Waals surface area contributed by atoms with Gasteiger partial charge in [0.1, 0.15) is 3.70 Å². The summed E-state index contributed by atoms with van der Waals surface area (Å²) in [6, 6.07) is 0. The first kappa shape index (κ1) is 11.2. The summed E-state index contributed by atoms with van der Waals surface area (Å²) in [5.41, 5.74) is 6.14. The second-order valence-corrected chi connectivity index (χ2v) is 4.43. The van der Waals surface area contributed by atoms with Gasteiger partial charge in [-0.3, -0.25) is 9.48 Å². The van der Waals surface area contributed by atoms with Gasteiger partial charge in [0.2, 0.25) is 0 Å². The maximum Gasteiger partial charge on any atom is 0.407 e. The molecule has 8 heteroatoms. The Labute approximate surface area is 104 Å². The molecule has 0 radical (unpaired) electrons. The highest BCUT2D eigenvalue weighted by Crippen LogP contribution is 2.21. The molecule has 1 aromatic heterocycles. The van der Waals surface area contributed by atoms with E-state index in [2.05, 4.69) is 5.10 Å². The highest BCUT2D eigenvalue weighted by molar-refractivity contribution is 14.1. The Bertz CT molecular complexity index is 470. The van der Waals surface area contributed by atoms with Crippen molar-refractivity contribution in [3.63, 3.8) is 0 Å². The maximum atomic E-state index is 11.2. The third kappa shape index (κ3) is 1.72. The second kappa shape index (κ2) is 3.92. The average molecular weight is 336 g/mol. The van der Waals surface area contributed by atoms with E-state index in [1.165, 1.54) is 4.90 Å². The molecule has 0 saturated heterocycles. The van der Waals surface area contributed by atoms with Crippen LogP contribution < -0.4 is 5.73 Å². The summed E-state index contributed by atoms with van der Waals surface area (Å²) < 4.78 is 2.16. The van der Waals surface area contributed by atoms with Crippen molar-refractivity contribution in [1.82, 2.24) is 14.7 Å². The van der Waals surface area contributed by atoms with Crippen LogP contribution in [0.15, 0.2) is 0 Å². The van der Waals surface area contributed by atoms with Crippen LogP contribution in [0, 0.1) is 3.70 Å². The maximum absolute atomic E-state index is 11.2. The van der Waals surface area contributed by atoms with E-state index in [9.17, 15) is 9.59 Å². The zero-order valence-electron chi connectivity index (χ0n) is 8.18. The summed E-state index contributed by atoms with van der Waals surface area (Å²) in [4.78, 5) is 23.3. The van der Waals surface area contributed by atoms with E-state index in [0.717, 1.165) is 0 Å². The first-order valence-electron chi connectivity index (χ1n) is 4.53. The van der Waals surface area contributed by atoms with E-state index in [1.807, 2.05) is 22.6 Å². The normalized spacial score (nSPS) is 14.7. The SMILES string of the molecule is NC(=O)c1c(I)nn2c1CN(C(=O)O)CC2. The molecule has 2 amide bonds. The number of amides is 2. The van der Waals surface area contributed by atoms with Gasteiger partial charge in [0.15, 0.2) is 0 Å². The molecule has 0 fully saturated rings. The number of nitrogens with zero attached hydrogens (tertiary/aromatic N) is 3. The fourth-order valence-corrected chi connectivity index (χ4v) is 2.53. The first-order chi connectivity index (χ1) is 7.50. The van der Waals surface area contributed by atoms with Crippen molar-refractivity contribution in [2.24, 2.45) is 5.73 Å². The van der Waals surface area contributed by atoms with Crippen LogP contribution in [0.1, 0.15) is 16.1 Å². The van der Waals surface area contributed by atoms with Crippen LogP contribution in [0.25, 0.3) is 0 Å². The van der Waals surface area contributed by atoms with Crippen LogP contribution >= 0.6 is 22.6 Å². The second-order valence-electron chi connectivity index (χ2n) is 3.40. The number of fused-ring (bicyclic) bond motifs is 1. The lowest BCUT2D eigenvalue weighted by Crippen LogP contribution is -2.38. The van der Waals surface area contributed by atoms with Gasteiger partial charge >= 0.3 is 6.09 Å². The van der Waals surface area contributed by atoms with E-state index in [4.69, 9.17) is 10.8 Å². The smallest absolute Gasteiger partial charge is 0.407 e. The Hall–Kier alpha value is -1.32. The molecule has 0 bridgehead atoms. The van der Waals surface area contributed by atoms with E-state index >= 15 is 0 Å². The number of carbonyl (C=O) groups is 2. The molecule has 1 aliphatic heterocycles. The minimum Gasteiger partial charge on any atom is -0.465 e. The fourth-order valence-electron chi connectivity index (χ4n) is 1.69. The van der Waals surface area contributed by atoms with Gasteiger partial charge in [-0.1, -0.05) is 0 Å². The van der Waals surface area contributed by atoms with Crippen molar-refractivity contribution in [3.8, 4) is 0 Å². The van der Waals surface area contributed by atoms with Crippen molar-refractivity contribution < 1.29 is 14.7 Å². The molecule has 0 atom stereocenters. The van der Waals surface area contributed by atoms with Gasteiger partial charge in [-0.15, -0.1) is 0 Å². The summed E-state index contributed by atoms with van der Waals surface area (Å²) in [5, 5.41) is 13.0. The van der Waals surface area contributed by atoms with Crippen molar-refractivity contribution >= 4 is 34.6 Å². The van der Waals surface area contributed by atoms with Crippen LogP contribution in [0.2, 0.25) is 0 Å². The van der Waals surface area contributed by atoms with Crippen LogP contribution in [0.4, 0.5) is 4.79 Å². The lowest BCUT2D eigenvalue weighted by molar-refractivity contribution is 0.0992. The molecule has 0 aliphatic carbocycles. The highest BCUT2D eigenvalue weighted by Gasteiger charge is 2.27. The molecule has 3 N–H and O–H groups in total. The predicted octanol–water partition coefficient (Wildman–Crippen LogP) is 0.0802. The Kier molecular flexibility index (Phi) is 2.74. The summed E-state index contributed by atoms with van der Waals surface area (Å²) in [5.74, 6) is -0.571. The van der Waals surface area contributed by atoms with Gasteiger partial charge in [-0.2, -0.15) is 5.10 Å². The van der Waals surface area contributed by atoms with Gasteiger partial charge in [0, 0.05) is 6.54 Å². The van der Waals surface area contributed by atoms with Crippen molar-refractivity contribution in [1.29, 1.82) is 0 Å². The zero-order valence-corrected chi connectivity index (χ0v) is 10.3. The number of nitrogens with two attached hydrogens (primary N) is 1. The number of hydrogen-bond acceptors (Lipinski definition) is 3. The molecule has 0 unspecified atom stereocenters. The molecule has 16 heavy (non-hydrogen) atoms. The predicted molar refractivity (Wildman–Crippen MR) is 61.9 cm³/mol. The fraction of sp³-hybridized carbons (Fsp3) is 0.375. The number of hydrogen-bond donors (Lipinski definition) is 2. The number of primary amides is 1. The van der Waals surface area contributed by atoms with E-state index in [0.29, 0.717) is 28.0 Å². The molecule has 0 saturated carbocycles. The molecule has 0 aromatic carbocycles. The van der Waals surface area contributed by atoms with Gasteiger partial charge < -0.3 is 15.7 Å². The number of halogens is 1. The minimum atomic E-state index is -1.00. The molecule has 1 aliphatic rings. The topological polar surface area (TPSA) is 101 Å². The lowest BCUT2D eigenvalue weighted by atomic mass is 10.2. The molecule has 7 nitrogen and oxygen atoms in total. The van der Waals surface area contributed by atoms with E-state index < -0.39 is 12.0 Å². The summed E-state index contributed by atoms with van der Waals surface area (Å²) in [7, 11) is 0. The Morgan fingerprint density at radius 3 is 2.69 bits per heavy atom. The molecule has 2 rings (SSSR count). The number of carbonyl (C=O) groups excluding carboxylic acids is 1. The molecule has 86 valence electrons. The number of rotatable bonds is 1. The molecule has 2 heterocycles. The quantitative estimate of drug-likeness (QED) is 0.709. The number of aromatic nitrogens is 2. The van der Waals surface area contributed by atoms with Crippen molar-refractivity contribution in [2.75, 3.05) is 6.54 Å². The molecular weight excluding hydrogens is 327 g/mol. The minimum absolute atomic E-state index is 0.156. The highest BCUT2D eigenvalue weighted by atomic mass is 127. The summed E-state index contributed by atoms with van der Waals surface area (Å²) in [6.07, 6.45) is -1.00. The van der Waals surface area contributed by atoms with Crippen molar-refractivity contribution in [2.45, 2.75) is 13.1 Å². The van der Waals surface area contributed by atoms with E-state index in [-0.39, 0.29) is 6.54 Å². The van der Waals surface area contributed by atoms with Crippen molar-refractivity contribution in [3.05, 3.63) is 15.0 Å². The molecule has 1 aromatic rings. The summed E-state index contributed by atoms with van der Waals surface area (Å²) in [6.45, 7) is 0.979. The van der Waals surface area contributed by atoms with Crippen LogP contribution in [0.3, 0.4) is 0 Å². The Morgan fingerprint density at radius 1 is 1.44 bits per heavy atom. The third-order valence-electron chi connectivity index (χ3n) is 2.45. The number of carboxylic acid groups (broad SMARTS) is 1. The standard InChI is InChI=1S/C8H9IN4O3/c9-6-5(7(10)14)4-3-12(8(15)16)1-2-13(4)11-6/h1-3H2,(H2,10,14)(H,15,16). The van der Waals surface area contributed by atoms with Crippen LogP contribution in [-0.4, -0.2) is 38.3 Å². The molecular formula is C8H9IN4O3. The summed E-state index contributed by atoms with van der Waals surface area (Å²) >= 11 is 1.92. The third-order valence-corrected chi connectivity index (χ3v) is 3.21. The lowest BCUT2D eigenvalue weighted by Gasteiger charge is -2.25. The molecule has 0 spiro atoms. The zero-order chi connectivity index (χ0) is 11.9. The van der Waals surface area contributed by atoms with E-state index in [1.54, 1.807) is 4.68 Å². The Balaban J connectivity index is 2.42. The monoisotopic (exact) mass is 336 g/mol. The van der Waals surface area contributed by atoms with Gasteiger partial charge in [0.25, 0.3) is 5.91 Å². The van der Waals surface area contributed by atoms with Gasteiger partial charge in [0.05, 0.1) is 24.3 Å². The van der Waals surface area contributed by atoms with Gasteiger partial charge in [-0.25, -0.2) is 4.79 Å². The first-order valence-corrected chi connectivity index (χ1v) is 5.61. The van der Waals surface area contributed by atoms with Crippen LogP contribution in [-0.2, 0) is 13.1 Å².